The van der Waals surface area contributed by atoms with E-state index in [1.165, 1.54) is 23.1 Å². The van der Waals surface area contributed by atoms with E-state index in [1.807, 2.05) is 0 Å². The van der Waals surface area contributed by atoms with E-state index in [0.29, 0.717) is 25.3 Å². The molecule has 1 N–H and O–H groups in total. The van der Waals surface area contributed by atoms with Crippen molar-refractivity contribution in [2.24, 2.45) is 5.92 Å². The van der Waals surface area contributed by atoms with Gasteiger partial charge >= 0.3 is 0 Å². The minimum atomic E-state index is -3.80. The van der Waals surface area contributed by atoms with Crippen LogP contribution < -0.4 is 4.72 Å². The lowest BCUT2D eigenvalue weighted by Gasteiger charge is -2.29. The second kappa shape index (κ2) is 9.65. The SMILES string of the molecule is CCCS(=O)(=O)N[C@H]1[C@@H](F)CN(C(=O)C2CC2)[C@H]1Cc1cccc(-c2cc(F)cc(F)c2)c1F. The van der Waals surface area contributed by atoms with Gasteiger partial charge in [0.25, 0.3) is 0 Å². The predicted octanol–water partition coefficient (Wildman–Crippen LogP) is 3.97. The molecule has 2 aromatic rings. The Morgan fingerprint density at radius 1 is 1.12 bits per heavy atom. The number of amides is 1. The van der Waals surface area contributed by atoms with Crippen molar-refractivity contribution >= 4 is 15.9 Å². The van der Waals surface area contributed by atoms with Crippen LogP contribution in [0.1, 0.15) is 31.7 Å². The minimum Gasteiger partial charge on any atom is -0.334 e. The molecule has 1 saturated carbocycles. The Bertz CT molecular complexity index is 1170. The number of likely N-dealkylation sites (tertiary alicyclic amines) is 1. The molecule has 5 nitrogen and oxygen atoms in total. The van der Waals surface area contributed by atoms with Crippen LogP contribution in [0, 0.1) is 23.4 Å². The third-order valence-corrected chi connectivity index (χ3v) is 7.83. The van der Waals surface area contributed by atoms with E-state index < -0.39 is 45.7 Å². The molecule has 1 heterocycles. The fourth-order valence-electron chi connectivity index (χ4n) is 4.51. The van der Waals surface area contributed by atoms with Crippen LogP contribution in [0.15, 0.2) is 36.4 Å². The first-order chi connectivity index (χ1) is 16.1. The molecular weight excluding hydrogens is 472 g/mol. The Kier molecular flexibility index (Phi) is 7.00. The fraction of sp³-hybridized carbons (Fsp3) is 0.458. The molecule has 1 aliphatic heterocycles. The number of alkyl halides is 1. The van der Waals surface area contributed by atoms with E-state index in [2.05, 4.69) is 4.72 Å². The van der Waals surface area contributed by atoms with Gasteiger partial charge in [0.1, 0.15) is 23.6 Å². The fourth-order valence-corrected chi connectivity index (χ4v) is 5.88. The third kappa shape index (κ3) is 5.27. The van der Waals surface area contributed by atoms with Gasteiger partial charge in [0, 0.05) is 17.5 Å². The summed E-state index contributed by atoms with van der Waals surface area (Å²) in [7, 11) is -3.80. The second-order valence-electron chi connectivity index (χ2n) is 8.95. The zero-order valence-corrected chi connectivity index (χ0v) is 19.4. The van der Waals surface area contributed by atoms with Crippen LogP contribution in [-0.2, 0) is 21.2 Å². The van der Waals surface area contributed by atoms with E-state index in [9.17, 15) is 22.0 Å². The van der Waals surface area contributed by atoms with Gasteiger partial charge in [0.2, 0.25) is 15.9 Å². The standard InChI is InChI=1S/C24H26F4N2O3S/c1-2-8-34(32,33)29-23-20(27)13-30(24(31)14-6-7-14)21(23)11-15-4-3-5-19(22(15)28)16-9-17(25)12-18(26)10-16/h3-5,9-10,12,14,20-21,23,29H,2,6-8,11,13H2,1H3/t20-,21-,23-/m0/s1. The number of benzene rings is 2. The first-order valence-corrected chi connectivity index (χ1v) is 12.9. The van der Waals surface area contributed by atoms with Crippen molar-refractivity contribution in [3.05, 3.63) is 59.4 Å². The van der Waals surface area contributed by atoms with E-state index in [1.54, 1.807) is 6.92 Å². The van der Waals surface area contributed by atoms with Crippen LogP contribution >= 0.6 is 0 Å². The molecule has 10 heteroatoms. The predicted molar refractivity (Wildman–Crippen MR) is 120 cm³/mol. The number of rotatable bonds is 8. The van der Waals surface area contributed by atoms with E-state index in [-0.39, 0.29) is 47.2 Å². The number of sulfonamides is 1. The lowest BCUT2D eigenvalue weighted by molar-refractivity contribution is -0.133. The Balaban J connectivity index is 1.68. The highest BCUT2D eigenvalue weighted by atomic mass is 32.2. The average Bonchev–Trinajstić information content (AvgIpc) is 3.55. The van der Waals surface area contributed by atoms with Gasteiger partial charge in [-0.15, -0.1) is 0 Å². The van der Waals surface area contributed by atoms with Crippen molar-refractivity contribution in [2.75, 3.05) is 12.3 Å². The Morgan fingerprint density at radius 3 is 2.41 bits per heavy atom. The molecule has 0 spiro atoms. The van der Waals surface area contributed by atoms with Crippen molar-refractivity contribution in [3.8, 4) is 11.1 Å². The Morgan fingerprint density at radius 2 is 1.79 bits per heavy atom. The number of nitrogens with one attached hydrogen (secondary N) is 1. The van der Waals surface area contributed by atoms with Crippen LogP contribution in [-0.4, -0.2) is 49.8 Å². The van der Waals surface area contributed by atoms with Crippen LogP contribution in [0.3, 0.4) is 0 Å². The molecule has 0 unspecified atom stereocenters. The van der Waals surface area contributed by atoms with Gasteiger partial charge in [-0.2, -0.15) is 0 Å². The summed E-state index contributed by atoms with van der Waals surface area (Å²) in [5.41, 5.74) is 0.0428. The molecule has 4 rings (SSSR count). The summed E-state index contributed by atoms with van der Waals surface area (Å²) < 4.78 is 85.1. The third-order valence-electron chi connectivity index (χ3n) is 6.26. The second-order valence-corrected chi connectivity index (χ2v) is 10.8. The maximum absolute atomic E-state index is 15.5. The lowest BCUT2D eigenvalue weighted by Crippen LogP contribution is -2.50. The van der Waals surface area contributed by atoms with Gasteiger partial charge < -0.3 is 4.90 Å². The van der Waals surface area contributed by atoms with Crippen molar-refractivity contribution in [1.82, 2.24) is 9.62 Å². The van der Waals surface area contributed by atoms with Gasteiger partial charge in [-0.25, -0.2) is 30.7 Å². The molecule has 1 amide bonds. The van der Waals surface area contributed by atoms with Gasteiger partial charge in [-0.05, 0) is 48.9 Å². The summed E-state index contributed by atoms with van der Waals surface area (Å²) >= 11 is 0. The molecule has 1 aliphatic carbocycles. The van der Waals surface area contributed by atoms with Crippen LogP contribution in [0.2, 0.25) is 0 Å². The average molecular weight is 499 g/mol. The Hall–Kier alpha value is -2.46. The molecule has 34 heavy (non-hydrogen) atoms. The molecule has 0 radical (unpaired) electrons. The summed E-state index contributed by atoms with van der Waals surface area (Å²) in [5, 5.41) is 0. The molecule has 0 bridgehead atoms. The molecule has 184 valence electrons. The molecule has 2 aliphatic rings. The number of carbonyl (C=O) groups excluding carboxylic acids is 1. The molecular formula is C24H26F4N2O3S. The summed E-state index contributed by atoms with van der Waals surface area (Å²) in [6.45, 7) is 1.40. The number of nitrogens with zero attached hydrogens (tertiary/aromatic N) is 1. The maximum Gasteiger partial charge on any atom is 0.226 e. The summed E-state index contributed by atoms with van der Waals surface area (Å²) in [5.74, 6) is -3.18. The monoisotopic (exact) mass is 498 g/mol. The topological polar surface area (TPSA) is 66.5 Å². The minimum absolute atomic E-state index is 0.00208. The first-order valence-electron chi connectivity index (χ1n) is 11.3. The van der Waals surface area contributed by atoms with E-state index in [4.69, 9.17) is 0 Å². The van der Waals surface area contributed by atoms with Crippen LogP contribution in [0.5, 0.6) is 0 Å². The number of halogens is 4. The van der Waals surface area contributed by atoms with Gasteiger partial charge in [0.15, 0.2) is 0 Å². The van der Waals surface area contributed by atoms with Crippen molar-refractivity contribution < 1.29 is 30.8 Å². The lowest BCUT2D eigenvalue weighted by atomic mass is 9.95. The largest absolute Gasteiger partial charge is 0.334 e. The summed E-state index contributed by atoms with van der Waals surface area (Å²) in [6, 6.07) is 4.83. The van der Waals surface area contributed by atoms with E-state index >= 15 is 8.78 Å². The van der Waals surface area contributed by atoms with Crippen LogP contribution in [0.25, 0.3) is 11.1 Å². The summed E-state index contributed by atoms with van der Waals surface area (Å²) in [4.78, 5) is 14.2. The normalized spacial score (nSPS) is 22.9. The number of hydrogen-bond acceptors (Lipinski definition) is 3. The van der Waals surface area contributed by atoms with Gasteiger partial charge in [-0.1, -0.05) is 25.1 Å². The highest BCUT2D eigenvalue weighted by molar-refractivity contribution is 7.89. The highest BCUT2D eigenvalue weighted by Gasteiger charge is 2.48. The molecule has 0 aromatic heterocycles. The number of carbonyl (C=O) groups is 1. The molecule has 2 aromatic carbocycles. The first kappa shape index (κ1) is 24.7. The van der Waals surface area contributed by atoms with Gasteiger partial charge in [-0.3, -0.25) is 4.79 Å². The zero-order chi connectivity index (χ0) is 24.6. The molecule has 3 atom stereocenters. The van der Waals surface area contributed by atoms with E-state index in [0.717, 1.165) is 12.1 Å². The van der Waals surface area contributed by atoms with Gasteiger partial charge in [0.05, 0.1) is 24.4 Å². The zero-order valence-electron chi connectivity index (χ0n) is 18.6. The smallest absolute Gasteiger partial charge is 0.226 e. The highest BCUT2D eigenvalue weighted by Crippen LogP contribution is 2.36. The maximum atomic E-state index is 15.5. The van der Waals surface area contributed by atoms with Crippen LogP contribution in [0.4, 0.5) is 17.6 Å². The van der Waals surface area contributed by atoms with Crippen molar-refractivity contribution in [3.63, 3.8) is 0 Å². The van der Waals surface area contributed by atoms with Crippen molar-refractivity contribution in [1.29, 1.82) is 0 Å². The number of hydrogen-bond donors (Lipinski definition) is 1. The van der Waals surface area contributed by atoms with Crippen molar-refractivity contribution in [2.45, 2.75) is 50.9 Å². The Labute approximate surface area is 196 Å². The molecule has 2 fully saturated rings. The quantitative estimate of drug-likeness (QED) is 0.561. The molecule has 1 saturated heterocycles. The summed E-state index contributed by atoms with van der Waals surface area (Å²) in [6.07, 6.45) is -0.117.